The molecule has 0 aliphatic rings. The molecule has 1 atom stereocenters. The number of allylic oxidation sites excluding steroid dienone is 1. The van der Waals surface area contributed by atoms with Crippen LogP contribution in [-0.2, 0) is 10.9 Å². The van der Waals surface area contributed by atoms with E-state index in [-0.39, 0.29) is 0 Å². The Balaban J connectivity index is 2.59. The highest BCUT2D eigenvalue weighted by atomic mass is 32.2. The molecule has 0 nitrogen and oxygen atoms in total. The van der Waals surface area contributed by atoms with Crippen LogP contribution in [0.2, 0.25) is 0 Å². The average molecular weight is 193 g/mol. The molecule has 0 bridgehead atoms. The van der Waals surface area contributed by atoms with Crippen LogP contribution in [0.4, 0.5) is 0 Å². The minimum Gasteiger partial charge on any atom is -0.0758 e. The van der Waals surface area contributed by atoms with Crippen LogP contribution in [0.1, 0.15) is 13.8 Å². The Hall–Kier alpha value is -0.690. The van der Waals surface area contributed by atoms with Crippen molar-refractivity contribution in [2.75, 3.05) is 12.0 Å². The van der Waals surface area contributed by atoms with Gasteiger partial charge in [-0.3, -0.25) is 0 Å². The van der Waals surface area contributed by atoms with E-state index in [9.17, 15) is 0 Å². The third kappa shape index (κ3) is 3.69. The van der Waals surface area contributed by atoms with Gasteiger partial charge in [-0.05, 0) is 32.1 Å². The highest BCUT2D eigenvalue weighted by molar-refractivity contribution is 7.96. The Morgan fingerprint density at radius 2 is 1.85 bits per heavy atom. The summed E-state index contributed by atoms with van der Waals surface area (Å²) in [6.45, 7) is 4.31. The highest BCUT2D eigenvalue weighted by Gasteiger charge is 2.11. The molecule has 0 amide bonds. The Labute approximate surface area is 84.0 Å². The molecule has 0 heterocycles. The van der Waals surface area contributed by atoms with Gasteiger partial charge in [-0.15, -0.1) is 0 Å². The zero-order chi connectivity index (χ0) is 9.68. The molecule has 0 aliphatic heterocycles. The maximum atomic E-state index is 2.32. The first-order chi connectivity index (χ1) is 6.20. The molecule has 0 saturated heterocycles. The van der Waals surface area contributed by atoms with Gasteiger partial charge in [-0.1, -0.05) is 23.8 Å². The van der Waals surface area contributed by atoms with E-state index in [0.29, 0.717) is 10.9 Å². The smallest absolute Gasteiger partial charge is 0.0758 e. The summed E-state index contributed by atoms with van der Waals surface area (Å²) in [4.78, 5) is 1.46. The lowest BCUT2D eigenvalue weighted by atomic mass is 10.3. The van der Waals surface area contributed by atoms with Gasteiger partial charge in [0, 0.05) is 10.9 Å². The Kier molecular flexibility index (Phi) is 4.10. The SMILES string of the molecule is CC(C)=CC[S+](C)c1ccccc1. The molecule has 0 fully saturated rings. The second-order valence-corrected chi connectivity index (χ2v) is 5.48. The predicted octanol–water partition coefficient (Wildman–Crippen LogP) is 3.26. The maximum absolute atomic E-state index is 2.32. The van der Waals surface area contributed by atoms with Gasteiger partial charge in [0.15, 0.2) is 4.90 Å². The van der Waals surface area contributed by atoms with E-state index in [4.69, 9.17) is 0 Å². The molecule has 0 aliphatic carbocycles. The molecule has 13 heavy (non-hydrogen) atoms. The van der Waals surface area contributed by atoms with E-state index in [2.05, 4.69) is 56.5 Å². The number of rotatable bonds is 3. The molecule has 0 aromatic heterocycles. The lowest BCUT2D eigenvalue weighted by molar-refractivity contribution is 1.36. The van der Waals surface area contributed by atoms with Crippen LogP contribution >= 0.6 is 0 Å². The molecule has 70 valence electrons. The van der Waals surface area contributed by atoms with Crippen molar-refractivity contribution in [2.45, 2.75) is 18.7 Å². The molecular formula is C12H17S+. The Morgan fingerprint density at radius 1 is 1.23 bits per heavy atom. The second-order valence-electron chi connectivity index (χ2n) is 3.40. The van der Waals surface area contributed by atoms with Crippen molar-refractivity contribution >= 4 is 10.9 Å². The fourth-order valence-corrected chi connectivity index (χ4v) is 2.44. The minimum absolute atomic E-state index is 0.370. The van der Waals surface area contributed by atoms with Crippen LogP contribution in [0.5, 0.6) is 0 Å². The molecule has 1 aromatic rings. The average Bonchev–Trinajstić information content (AvgIpc) is 2.15. The highest BCUT2D eigenvalue weighted by Crippen LogP contribution is 2.11. The third-order valence-electron chi connectivity index (χ3n) is 1.89. The second kappa shape index (κ2) is 5.13. The van der Waals surface area contributed by atoms with Gasteiger partial charge in [0.25, 0.3) is 0 Å². The van der Waals surface area contributed by atoms with Crippen LogP contribution < -0.4 is 0 Å². The minimum atomic E-state index is 0.370. The summed E-state index contributed by atoms with van der Waals surface area (Å²) >= 11 is 0. The fourth-order valence-electron chi connectivity index (χ4n) is 1.04. The number of benzene rings is 1. The summed E-state index contributed by atoms with van der Waals surface area (Å²) in [5.74, 6) is 1.17. The zero-order valence-corrected chi connectivity index (χ0v) is 9.40. The summed E-state index contributed by atoms with van der Waals surface area (Å²) in [6.07, 6.45) is 4.62. The molecular weight excluding hydrogens is 176 g/mol. The maximum Gasteiger partial charge on any atom is 0.154 e. The van der Waals surface area contributed by atoms with Crippen molar-refractivity contribution in [2.24, 2.45) is 0 Å². The van der Waals surface area contributed by atoms with E-state index < -0.39 is 0 Å². The monoisotopic (exact) mass is 193 g/mol. The van der Waals surface area contributed by atoms with E-state index in [1.165, 1.54) is 16.2 Å². The topological polar surface area (TPSA) is 0 Å². The quantitative estimate of drug-likeness (QED) is 0.510. The number of hydrogen-bond acceptors (Lipinski definition) is 0. The first kappa shape index (κ1) is 10.4. The summed E-state index contributed by atoms with van der Waals surface area (Å²) in [5, 5.41) is 0. The van der Waals surface area contributed by atoms with Gasteiger partial charge >= 0.3 is 0 Å². The van der Waals surface area contributed by atoms with Crippen molar-refractivity contribution in [1.82, 2.24) is 0 Å². The molecule has 1 unspecified atom stereocenters. The van der Waals surface area contributed by atoms with Gasteiger partial charge in [-0.2, -0.15) is 0 Å². The van der Waals surface area contributed by atoms with E-state index in [1.54, 1.807) is 0 Å². The van der Waals surface area contributed by atoms with Gasteiger partial charge < -0.3 is 0 Å². The molecule has 1 heteroatoms. The van der Waals surface area contributed by atoms with Crippen LogP contribution in [0.3, 0.4) is 0 Å². The largest absolute Gasteiger partial charge is 0.154 e. The molecule has 1 rings (SSSR count). The summed E-state index contributed by atoms with van der Waals surface area (Å²) in [6, 6.07) is 10.7. The predicted molar refractivity (Wildman–Crippen MR) is 62.3 cm³/mol. The molecule has 1 aromatic carbocycles. The molecule has 0 N–H and O–H groups in total. The lowest BCUT2D eigenvalue weighted by Gasteiger charge is -1.99. The van der Waals surface area contributed by atoms with Gasteiger partial charge in [0.1, 0.15) is 12.0 Å². The third-order valence-corrected chi connectivity index (χ3v) is 3.63. The first-order valence-electron chi connectivity index (χ1n) is 4.51. The van der Waals surface area contributed by atoms with Crippen LogP contribution in [0.25, 0.3) is 0 Å². The van der Waals surface area contributed by atoms with Crippen molar-refractivity contribution in [3.05, 3.63) is 42.0 Å². The Bertz CT molecular complexity index is 270. The number of hydrogen-bond donors (Lipinski definition) is 0. The lowest BCUT2D eigenvalue weighted by Crippen LogP contribution is -2.03. The summed E-state index contributed by atoms with van der Waals surface area (Å²) < 4.78 is 0. The summed E-state index contributed by atoms with van der Waals surface area (Å²) in [7, 11) is 0.370. The molecule has 0 spiro atoms. The standard InChI is InChI=1S/C12H17S/c1-11(2)9-10-13(3)12-7-5-4-6-8-12/h4-9H,10H2,1-3H3/q+1. The molecule has 0 radical (unpaired) electrons. The van der Waals surface area contributed by atoms with E-state index in [0.717, 1.165) is 0 Å². The van der Waals surface area contributed by atoms with Crippen molar-refractivity contribution < 1.29 is 0 Å². The fraction of sp³-hybridized carbons (Fsp3) is 0.333. The van der Waals surface area contributed by atoms with E-state index in [1.807, 2.05) is 0 Å². The van der Waals surface area contributed by atoms with Crippen LogP contribution in [0, 0.1) is 0 Å². The van der Waals surface area contributed by atoms with Crippen molar-refractivity contribution in [1.29, 1.82) is 0 Å². The normalized spacial score (nSPS) is 12.2. The molecule has 0 saturated carbocycles. The van der Waals surface area contributed by atoms with E-state index >= 15 is 0 Å². The van der Waals surface area contributed by atoms with Crippen molar-refractivity contribution in [3.8, 4) is 0 Å². The summed E-state index contributed by atoms with van der Waals surface area (Å²) in [5.41, 5.74) is 1.41. The van der Waals surface area contributed by atoms with Crippen molar-refractivity contribution in [3.63, 3.8) is 0 Å². The van der Waals surface area contributed by atoms with Crippen LogP contribution in [0.15, 0.2) is 46.9 Å². The van der Waals surface area contributed by atoms with Gasteiger partial charge in [0.05, 0.1) is 0 Å². The van der Waals surface area contributed by atoms with Gasteiger partial charge in [-0.25, -0.2) is 0 Å². The first-order valence-corrected chi connectivity index (χ1v) is 6.31. The van der Waals surface area contributed by atoms with Gasteiger partial charge in [0.2, 0.25) is 0 Å². The Morgan fingerprint density at radius 3 is 2.38 bits per heavy atom. The van der Waals surface area contributed by atoms with Crippen LogP contribution in [-0.4, -0.2) is 12.0 Å². The zero-order valence-electron chi connectivity index (χ0n) is 8.58.